The van der Waals surface area contributed by atoms with Crippen LogP contribution in [0.5, 0.6) is 11.6 Å². The van der Waals surface area contributed by atoms with Gasteiger partial charge in [0.25, 0.3) is 5.91 Å². The molecule has 0 aromatic carbocycles. The number of amides is 1. The molecule has 2 N–H and O–H groups in total. The topological polar surface area (TPSA) is 118 Å². The fraction of sp³-hybridized carbons (Fsp3) is 0.200. The van der Waals surface area contributed by atoms with Crippen molar-refractivity contribution in [2.45, 2.75) is 25.0 Å². The lowest BCUT2D eigenvalue weighted by Crippen LogP contribution is -2.19. The quantitative estimate of drug-likeness (QED) is 0.400. The third kappa shape index (κ3) is 5.42. The van der Waals surface area contributed by atoms with Crippen LogP contribution in [-0.4, -0.2) is 31.3 Å². The van der Waals surface area contributed by atoms with Gasteiger partial charge in [-0.1, -0.05) is 0 Å². The van der Waals surface area contributed by atoms with Gasteiger partial charge in [-0.05, 0) is 43.7 Å². The van der Waals surface area contributed by atoms with Crippen LogP contribution >= 0.6 is 0 Å². The van der Waals surface area contributed by atoms with Crippen LogP contribution in [0.25, 0.3) is 0 Å². The van der Waals surface area contributed by atoms with Gasteiger partial charge >= 0.3 is 6.18 Å². The molecule has 13 heteroatoms. The first-order valence-electron chi connectivity index (χ1n) is 9.16. The largest absolute Gasteiger partial charge is 0.436 e. The van der Waals surface area contributed by atoms with Gasteiger partial charge in [-0.25, -0.2) is 23.9 Å². The molecule has 0 aliphatic carbocycles. The van der Waals surface area contributed by atoms with Gasteiger partial charge in [-0.15, -0.1) is 0 Å². The molecular formula is C20H17F4N5O3S. The van der Waals surface area contributed by atoms with Crippen LogP contribution in [0.4, 0.5) is 23.2 Å². The van der Waals surface area contributed by atoms with E-state index in [-0.39, 0.29) is 22.2 Å². The van der Waals surface area contributed by atoms with E-state index in [1.165, 1.54) is 31.3 Å². The highest BCUT2D eigenvalue weighted by atomic mass is 32.2. The number of hydrogen-bond acceptors (Lipinski definition) is 7. The van der Waals surface area contributed by atoms with Crippen LogP contribution < -0.4 is 10.1 Å². The molecule has 0 saturated carbocycles. The van der Waals surface area contributed by atoms with E-state index in [4.69, 9.17) is 9.52 Å². The van der Waals surface area contributed by atoms with Crippen LogP contribution in [0.3, 0.4) is 0 Å². The maximum atomic E-state index is 13.4. The van der Waals surface area contributed by atoms with Gasteiger partial charge in [0, 0.05) is 24.3 Å². The van der Waals surface area contributed by atoms with Crippen LogP contribution in [0.1, 0.15) is 27.2 Å². The Morgan fingerprint density at radius 2 is 1.88 bits per heavy atom. The maximum absolute atomic E-state index is 13.4. The first-order chi connectivity index (χ1) is 15.3. The summed E-state index contributed by atoms with van der Waals surface area (Å²) in [6.45, 7) is 2.50. The second-order valence-electron chi connectivity index (χ2n) is 6.97. The van der Waals surface area contributed by atoms with Gasteiger partial charge in [0.2, 0.25) is 11.8 Å². The average Bonchev–Trinajstić information content (AvgIpc) is 2.68. The van der Waals surface area contributed by atoms with Crippen molar-refractivity contribution < 1.29 is 31.3 Å². The van der Waals surface area contributed by atoms with Crippen LogP contribution in [0.2, 0.25) is 0 Å². The molecule has 1 amide bonds. The number of carbonyl (C=O) groups excluding carboxylic acids is 1. The molecule has 3 aromatic heterocycles. The van der Waals surface area contributed by atoms with Gasteiger partial charge in [0.1, 0.15) is 10.6 Å². The maximum Gasteiger partial charge on any atom is 0.418 e. The van der Waals surface area contributed by atoms with Crippen LogP contribution in [-0.2, 0) is 15.9 Å². The van der Waals surface area contributed by atoms with E-state index in [1.54, 1.807) is 0 Å². The molecule has 0 saturated heterocycles. The summed E-state index contributed by atoms with van der Waals surface area (Å²) in [6.07, 6.45) is -1.93. The second kappa shape index (κ2) is 8.73. The Morgan fingerprint density at radius 1 is 1.18 bits per heavy atom. The Bertz CT molecular complexity index is 1340. The number of rotatable bonds is 5. The zero-order valence-electron chi connectivity index (χ0n) is 17.5. The monoisotopic (exact) mass is 483 g/mol. The summed E-state index contributed by atoms with van der Waals surface area (Å²) in [5.41, 5.74) is -1.98. The standard InChI is InChI=1S/C20H17F4N5O3S/c1-10-13(20(22,23)24)9-27-19(32-14-4-5-15(21)28-11(14)2)17(10)18(30)29-12-6-7-26-16(8-12)33(3,25)31/h4-9,25H,1-3H3,(H,26,29,30). The van der Waals surface area contributed by atoms with Gasteiger partial charge < -0.3 is 10.1 Å². The highest BCUT2D eigenvalue weighted by Gasteiger charge is 2.36. The van der Waals surface area contributed by atoms with E-state index < -0.39 is 50.3 Å². The van der Waals surface area contributed by atoms with Crippen molar-refractivity contribution >= 4 is 21.3 Å². The van der Waals surface area contributed by atoms with Crippen molar-refractivity contribution in [2.75, 3.05) is 11.6 Å². The number of alkyl halides is 3. The number of ether oxygens (including phenoxy) is 1. The third-order valence-electron chi connectivity index (χ3n) is 4.44. The fourth-order valence-corrected chi connectivity index (χ4v) is 3.45. The molecule has 3 aromatic rings. The van der Waals surface area contributed by atoms with Crippen LogP contribution in [0, 0.1) is 24.6 Å². The molecule has 0 aliphatic heterocycles. The molecule has 3 rings (SSSR count). The number of aromatic nitrogens is 3. The summed E-state index contributed by atoms with van der Waals surface area (Å²) >= 11 is 0. The molecular weight excluding hydrogens is 466 g/mol. The van der Waals surface area contributed by atoms with E-state index in [1.807, 2.05) is 0 Å². The smallest absolute Gasteiger partial charge is 0.418 e. The number of halogens is 4. The molecule has 3 heterocycles. The van der Waals surface area contributed by atoms with E-state index in [2.05, 4.69) is 20.3 Å². The minimum Gasteiger partial charge on any atom is -0.436 e. The van der Waals surface area contributed by atoms with Crippen molar-refractivity contribution in [1.82, 2.24) is 15.0 Å². The minimum absolute atomic E-state index is 0.0109. The summed E-state index contributed by atoms with van der Waals surface area (Å²) in [4.78, 5) is 24.1. The Morgan fingerprint density at radius 3 is 2.48 bits per heavy atom. The third-order valence-corrected chi connectivity index (χ3v) is 5.46. The average molecular weight is 483 g/mol. The first-order valence-corrected chi connectivity index (χ1v) is 11.1. The number of nitrogens with zero attached hydrogens (tertiary/aromatic N) is 3. The van der Waals surface area contributed by atoms with Crippen molar-refractivity contribution in [3.63, 3.8) is 0 Å². The highest BCUT2D eigenvalue weighted by molar-refractivity contribution is 7.91. The minimum atomic E-state index is -4.79. The van der Waals surface area contributed by atoms with E-state index in [0.29, 0.717) is 6.20 Å². The molecule has 1 unspecified atom stereocenters. The Balaban J connectivity index is 2.08. The summed E-state index contributed by atoms with van der Waals surface area (Å²) in [6, 6.07) is 4.69. The van der Waals surface area contributed by atoms with Gasteiger partial charge in [-0.2, -0.15) is 17.6 Å². The molecule has 174 valence electrons. The number of carbonyl (C=O) groups is 1. The molecule has 0 spiro atoms. The molecule has 8 nitrogen and oxygen atoms in total. The lowest BCUT2D eigenvalue weighted by atomic mass is 10.0. The highest BCUT2D eigenvalue weighted by Crippen LogP contribution is 2.36. The van der Waals surface area contributed by atoms with Crippen LogP contribution in [0.15, 0.2) is 41.7 Å². The number of anilines is 1. The van der Waals surface area contributed by atoms with E-state index >= 15 is 0 Å². The summed E-state index contributed by atoms with van der Waals surface area (Å²) in [7, 11) is -3.20. The summed E-state index contributed by atoms with van der Waals surface area (Å²) in [5, 5.41) is 2.27. The zero-order chi connectivity index (χ0) is 24.6. The summed E-state index contributed by atoms with van der Waals surface area (Å²) in [5.74, 6) is -2.25. The molecule has 0 aliphatic rings. The predicted octanol–water partition coefficient (Wildman–Crippen LogP) is 4.73. The Kier molecular flexibility index (Phi) is 6.36. The Hall–Kier alpha value is -3.61. The van der Waals surface area contributed by atoms with Crippen molar-refractivity contribution in [3.8, 4) is 11.6 Å². The fourth-order valence-electron chi connectivity index (χ4n) is 2.83. The van der Waals surface area contributed by atoms with Crippen molar-refractivity contribution in [3.05, 3.63) is 65.0 Å². The van der Waals surface area contributed by atoms with Crippen molar-refractivity contribution in [1.29, 1.82) is 4.78 Å². The summed E-state index contributed by atoms with van der Waals surface area (Å²) < 4.78 is 78.7. The Labute approximate surface area is 186 Å². The van der Waals surface area contributed by atoms with Gasteiger partial charge in [-0.3, -0.25) is 4.79 Å². The molecule has 0 radical (unpaired) electrons. The molecule has 1 atom stereocenters. The molecule has 0 bridgehead atoms. The number of pyridine rings is 3. The zero-order valence-corrected chi connectivity index (χ0v) is 18.3. The number of aryl methyl sites for hydroxylation is 1. The van der Waals surface area contributed by atoms with E-state index in [0.717, 1.165) is 19.2 Å². The lowest BCUT2D eigenvalue weighted by molar-refractivity contribution is -0.138. The normalized spacial score (nSPS) is 13.3. The molecule has 0 fully saturated rings. The predicted molar refractivity (Wildman–Crippen MR) is 110 cm³/mol. The number of nitrogens with one attached hydrogen (secondary N) is 2. The second-order valence-corrected chi connectivity index (χ2v) is 9.08. The SMILES string of the molecule is Cc1nc(F)ccc1Oc1ncc(C(F)(F)F)c(C)c1C(=O)Nc1ccnc(S(C)(=N)=O)c1. The van der Waals surface area contributed by atoms with E-state index in [9.17, 15) is 26.6 Å². The van der Waals surface area contributed by atoms with Gasteiger partial charge in [0.05, 0.1) is 21.0 Å². The molecule has 33 heavy (non-hydrogen) atoms. The van der Waals surface area contributed by atoms with Gasteiger partial charge in [0.15, 0.2) is 5.75 Å². The van der Waals surface area contributed by atoms with Crippen molar-refractivity contribution in [2.24, 2.45) is 0 Å². The first kappa shape index (κ1) is 24.0. The lowest BCUT2D eigenvalue weighted by Gasteiger charge is -2.17. The number of hydrogen-bond donors (Lipinski definition) is 2.